The Hall–Kier alpha value is -0.220. The van der Waals surface area contributed by atoms with Gasteiger partial charge in [-0.15, -0.1) is 0 Å². The van der Waals surface area contributed by atoms with Gasteiger partial charge in [-0.05, 0) is 56.6 Å². The van der Waals surface area contributed by atoms with E-state index >= 15 is 4.39 Å². The number of Topliss-reactive ketones (excluding diaryl/α,β-unsaturated/α-hetero) is 1. The minimum Gasteiger partial charge on any atom is -0.390 e. The van der Waals surface area contributed by atoms with Crippen molar-refractivity contribution in [3.63, 3.8) is 0 Å². The molecule has 4 aliphatic carbocycles. The molecule has 0 spiro atoms. The Labute approximate surface area is 214 Å². The summed E-state index contributed by atoms with van der Waals surface area (Å²) in [4.78, 5) is 42.8. The first-order chi connectivity index (χ1) is 14.6. The number of rotatable bonds is 4. The number of allylic oxidation sites excluding steroid dienone is 4. The molecule has 11 heteroatoms. The second kappa shape index (κ2) is 8.43. The molecule has 8 atom stereocenters. The van der Waals surface area contributed by atoms with Crippen LogP contribution in [0.1, 0.15) is 46.5 Å². The van der Waals surface area contributed by atoms with Crippen molar-refractivity contribution in [2.75, 3.05) is 6.61 Å². The predicted molar refractivity (Wildman–Crippen MR) is 117 cm³/mol. The molecule has 0 aromatic rings. The maximum Gasteiger partial charge on any atom is 0.470 e. The van der Waals surface area contributed by atoms with Crippen molar-refractivity contribution in [1.82, 2.24) is 0 Å². The molecular weight excluding hydrogens is 465 g/mol. The monoisotopic (exact) mass is 495 g/mol. The van der Waals surface area contributed by atoms with Crippen LogP contribution >= 0.6 is 7.82 Å². The number of halogens is 1. The van der Waals surface area contributed by atoms with Crippen LogP contribution in [-0.2, 0) is 18.7 Å². The largest absolute Gasteiger partial charge is 0.470 e. The van der Waals surface area contributed by atoms with Crippen molar-refractivity contribution < 1.29 is 43.1 Å². The van der Waals surface area contributed by atoms with Crippen LogP contribution in [0.2, 0.25) is 0 Å². The fourth-order valence-electron chi connectivity index (χ4n) is 7.39. The predicted octanol–water partition coefficient (Wildman–Crippen LogP) is 1.63. The van der Waals surface area contributed by atoms with Crippen LogP contribution < -0.4 is 0 Å². The summed E-state index contributed by atoms with van der Waals surface area (Å²) in [7, 11) is -4.93. The van der Waals surface area contributed by atoms with Crippen molar-refractivity contribution in [3.8, 4) is 0 Å². The number of aliphatic hydroxyl groups is 2. The third-order valence-electron chi connectivity index (χ3n) is 9.01. The molecule has 0 aliphatic heterocycles. The average molecular weight is 495 g/mol. The number of fused-ring (bicyclic) bond motifs is 5. The van der Waals surface area contributed by atoms with Crippen LogP contribution in [0, 0.1) is 28.6 Å². The van der Waals surface area contributed by atoms with E-state index < -0.39 is 66.2 Å². The fraction of sp³-hybridized carbons (Fsp3) is 0.727. The van der Waals surface area contributed by atoms with E-state index in [1.165, 1.54) is 18.2 Å². The van der Waals surface area contributed by atoms with Gasteiger partial charge in [0.1, 0.15) is 12.2 Å². The van der Waals surface area contributed by atoms with Crippen LogP contribution in [-0.4, -0.2) is 85.1 Å². The summed E-state index contributed by atoms with van der Waals surface area (Å²) in [6.45, 7) is 4.00. The van der Waals surface area contributed by atoms with Crippen LogP contribution in [0.15, 0.2) is 23.8 Å². The van der Waals surface area contributed by atoms with Gasteiger partial charge in [0.05, 0.1) is 6.10 Å². The molecule has 3 fully saturated rings. The second-order valence-corrected chi connectivity index (χ2v) is 11.6. The molecule has 4 aliphatic rings. The maximum atomic E-state index is 17.0. The molecule has 1 radical (unpaired) electrons. The Bertz CT molecular complexity index is 979. The summed E-state index contributed by atoms with van der Waals surface area (Å²) in [6.07, 6.45) is 3.70. The van der Waals surface area contributed by atoms with Gasteiger partial charge in [-0.1, -0.05) is 25.5 Å². The Balaban J connectivity index is 0.00000306. The van der Waals surface area contributed by atoms with Gasteiger partial charge in [0.15, 0.2) is 17.2 Å². The second-order valence-electron chi connectivity index (χ2n) is 10.4. The molecule has 4 rings (SSSR count). The van der Waals surface area contributed by atoms with Crippen molar-refractivity contribution in [3.05, 3.63) is 23.8 Å². The van der Waals surface area contributed by atoms with Gasteiger partial charge in [-0.2, -0.15) is 0 Å². The number of phosphoric ester groups is 1. The first kappa shape index (κ1) is 27.4. The molecule has 4 N–H and O–H groups in total. The normalized spacial score (nSPS) is 46.5. The van der Waals surface area contributed by atoms with Gasteiger partial charge >= 0.3 is 7.82 Å². The summed E-state index contributed by atoms with van der Waals surface area (Å²) in [5.41, 5.74) is -5.88. The van der Waals surface area contributed by atoms with E-state index in [1.54, 1.807) is 20.8 Å². The van der Waals surface area contributed by atoms with Crippen LogP contribution in [0.3, 0.4) is 0 Å². The molecule has 0 unspecified atom stereocenters. The van der Waals surface area contributed by atoms with Crippen LogP contribution in [0.4, 0.5) is 4.39 Å². The minimum absolute atomic E-state index is 0. The number of aliphatic hydroxyl groups excluding tert-OH is 1. The van der Waals surface area contributed by atoms with Gasteiger partial charge in [-0.25, -0.2) is 8.96 Å². The smallest absolute Gasteiger partial charge is 0.390 e. The quantitative estimate of drug-likeness (QED) is 0.341. The average Bonchev–Trinajstić information content (AvgIpc) is 2.89. The van der Waals surface area contributed by atoms with Gasteiger partial charge in [0, 0.05) is 46.3 Å². The van der Waals surface area contributed by atoms with Crippen molar-refractivity contribution in [2.24, 2.45) is 28.6 Å². The van der Waals surface area contributed by atoms with E-state index in [1.807, 2.05) is 0 Å². The molecule has 0 bridgehead atoms. The zero-order valence-electron chi connectivity index (χ0n) is 19.3. The van der Waals surface area contributed by atoms with E-state index in [-0.39, 0.29) is 41.8 Å². The Kier molecular flexibility index (Phi) is 6.99. The maximum absolute atomic E-state index is 17.0. The van der Waals surface area contributed by atoms with E-state index in [0.29, 0.717) is 24.8 Å². The number of ketones is 2. The molecule has 8 nitrogen and oxygen atoms in total. The van der Waals surface area contributed by atoms with Gasteiger partial charge in [0.25, 0.3) is 0 Å². The van der Waals surface area contributed by atoms with E-state index in [0.717, 1.165) is 0 Å². The third kappa shape index (κ3) is 3.66. The van der Waals surface area contributed by atoms with Gasteiger partial charge in [0.2, 0.25) is 0 Å². The Morgan fingerprint density at radius 3 is 2.55 bits per heavy atom. The van der Waals surface area contributed by atoms with Crippen molar-refractivity contribution in [1.29, 1.82) is 0 Å². The summed E-state index contributed by atoms with van der Waals surface area (Å²) in [5.74, 6) is -2.87. The summed E-state index contributed by atoms with van der Waals surface area (Å²) >= 11 is 0. The summed E-state index contributed by atoms with van der Waals surface area (Å²) in [5, 5.41) is 22.8. The molecule has 0 aromatic carbocycles. The number of carbonyl (C=O) groups is 2. The van der Waals surface area contributed by atoms with Crippen molar-refractivity contribution in [2.45, 2.75) is 63.8 Å². The molecular formula is C22H30FNaO8P. The van der Waals surface area contributed by atoms with Crippen LogP contribution in [0.5, 0.6) is 0 Å². The first-order valence-corrected chi connectivity index (χ1v) is 12.4. The summed E-state index contributed by atoms with van der Waals surface area (Å²) in [6, 6.07) is 0. The molecule has 179 valence electrons. The molecule has 0 aromatic heterocycles. The molecule has 3 saturated carbocycles. The fourth-order valence-corrected chi connectivity index (χ4v) is 7.68. The number of hydrogen-bond donors (Lipinski definition) is 4. The number of carbonyl (C=O) groups excluding carboxylic acids is 2. The minimum atomic E-state index is -4.93. The first-order valence-electron chi connectivity index (χ1n) is 10.9. The van der Waals surface area contributed by atoms with Gasteiger partial charge in [-0.3, -0.25) is 14.1 Å². The molecule has 0 heterocycles. The van der Waals surface area contributed by atoms with Crippen LogP contribution in [0.25, 0.3) is 0 Å². The molecule has 0 amide bonds. The van der Waals surface area contributed by atoms with E-state index in [2.05, 4.69) is 4.52 Å². The number of alkyl halides is 1. The summed E-state index contributed by atoms with van der Waals surface area (Å²) < 4.78 is 32.5. The topological polar surface area (TPSA) is 141 Å². The third-order valence-corrected chi connectivity index (χ3v) is 9.48. The zero-order chi connectivity index (χ0) is 23.9. The Morgan fingerprint density at radius 1 is 1.30 bits per heavy atom. The van der Waals surface area contributed by atoms with E-state index in [4.69, 9.17) is 9.79 Å². The van der Waals surface area contributed by atoms with E-state index in [9.17, 15) is 24.4 Å². The number of hydrogen-bond acceptors (Lipinski definition) is 6. The Morgan fingerprint density at radius 2 is 1.94 bits per heavy atom. The standard InChI is InChI=1S/C22H30FO8P.Na/c1-12-8-16-15-5-4-13-9-14(24)6-7-19(13,2)21(15,23)17(25)10-20(16,3)22(12,27)18(26)11-31-32(28,29)30;/h6-7,9,12,15-17,25,27H,4-5,8,10-11H2,1-3H3,(H2,28,29,30);/t12-,15+,16+,17+,19+,20+,21+,22+;/m1./s1. The van der Waals surface area contributed by atoms with Gasteiger partial charge < -0.3 is 20.0 Å². The zero-order valence-corrected chi connectivity index (χ0v) is 22.2. The van der Waals surface area contributed by atoms with Crippen molar-refractivity contribution >= 4 is 48.9 Å². The number of phosphoric acid groups is 1. The molecule has 33 heavy (non-hydrogen) atoms. The molecule has 0 saturated heterocycles. The SMILES string of the molecule is C[C@@H]1C[C@H]2[C@@H]3CCC4=CC(=O)C=C[C@]4(C)[C@@]3(F)[C@@H](O)C[C@]2(C)[C@@]1(O)C(=O)COP(=O)(O)O.[Na].